The summed E-state index contributed by atoms with van der Waals surface area (Å²) in [7, 11) is 0. The molecular weight excluding hydrogens is 218 g/mol. The first-order valence-corrected chi connectivity index (χ1v) is 6.03. The van der Waals surface area contributed by atoms with E-state index in [1.807, 2.05) is 0 Å². The van der Waals surface area contributed by atoms with Gasteiger partial charge < -0.3 is 10.3 Å². The van der Waals surface area contributed by atoms with Gasteiger partial charge in [-0.15, -0.1) is 0 Å². The van der Waals surface area contributed by atoms with Crippen molar-refractivity contribution in [3.63, 3.8) is 0 Å². The second kappa shape index (κ2) is 4.20. The van der Waals surface area contributed by atoms with Gasteiger partial charge >= 0.3 is 0 Å². The Kier molecular flexibility index (Phi) is 2.55. The predicted octanol–water partition coefficient (Wildman–Crippen LogP) is 1.39. The molecule has 6 nitrogen and oxygen atoms in total. The third-order valence-corrected chi connectivity index (χ3v) is 3.24. The van der Waals surface area contributed by atoms with Gasteiger partial charge in [0.05, 0.1) is 6.33 Å². The van der Waals surface area contributed by atoms with Crippen molar-refractivity contribution in [1.29, 1.82) is 0 Å². The Balaban J connectivity index is 1.87. The molecule has 2 aromatic rings. The zero-order valence-electron chi connectivity index (χ0n) is 9.49. The van der Waals surface area contributed by atoms with Gasteiger partial charge in [-0.1, -0.05) is 19.3 Å². The first kappa shape index (κ1) is 10.3. The molecule has 6 heteroatoms. The summed E-state index contributed by atoms with van der Waals surface area (Å²) in [6, 6.07) is 0.420. The van der Waals surface area contributed by atoms with Crippen LogP contribution in [0.15, 0.2) is 11.1 Å². The molecule has 0 saturated heterocycles. The lowest BCUT2D eigenvalue weighted by Crippen LogP contribution is -2.25. The molecule has 1 aliphatic rings. The summed E-state index contributed by atoms with van der Waals surface area (Å²) >= 11 is 0. The van der Waals surface area contributed by atoms with Crippen molar-refractivity contribution in [2.45, 2.75) is 38.1 Å². The van der Waals surface area contributed by atoms with Crippen LogP contribution in [0, 0.1) is 0 Å². The lowest BCUT2D eigenvalue weighted by molar-refractivity contribution is 0.461. The molecular formula is C11H15N5O. The monoisotopic (exact) mass is 233 g/mol. The highest BCUT2D eigenvalue weighted by atomic mass is 16.1. The minimum absolute atomic E-state index is 0.175. The molecule has 1 fully saturated rings. The highest BCUT2D eigenvalue weighted by Gasteiger charge is 2.14. The fourth-order valence-electron chi connectivity index (χ4n) is 2.35. The second-order valence-corrected chi connectivity index (χ2v) is 4.49. The van der Waals surface area contributed by atoms with Crippen LogP contribution < -0.4 is 10.9 Å². The number of nitrogens with one attached hydrogen (secondary N) is 3. The van der Waals surface area contributed by atoms with Crippen LogP contribution >= 0.6 is 0 Å². The predicted molar refractivity (Wildman–Crippen MR) is 65.0 cm³/mol. The van der Waals surface area contributed by atoms with Crippen molar-refractivity contribution in [1.82, 2.24) is 19.9 Å². The fraction of sp³-hybridized carbons (Fsp3) is 0.545. The number of anilines is 1. The van der Waals surface area contributed by atoms with Gasteiger partial charge in [0.25, 0.3) is 5.56 Å². The Morgan fingerprint density at radius 2 is 2.12 bits per heavy atom. The van der Waals surface area contributed by atoms with E-state index in [1.165, 1.54) is 25.6 Å². The van der Waals surface area contributed by atoms with E-state index in [1.54, 1.807) is 0 Å². The molecule has 0 bridgehead atoms. The van der Waals surface area contributed by atoms with E-state index in [4.69, 9.17) is 0 Å². The summed E-state index contributed by atoms with van der Waals surface area (Å²) in [4.78, 5) is 25.5. The smallest absolute Gasteiger partial charge is 0.278 e. The van der Waals surface area contributed by atoms with E-state index in [2.05, 4.69) is 25.3 Å². The molecule has 1 aliphatic carbocycles. The molecule has 90 valence electrons. The molecule has 0 atom stereocenters. The summed E-state index contributed by atoms with van der Waals surface area (Å²) < 4.78 is 0. The van der Waals surface area contributed by atoms with E-state index in [-0.39, 0.29) is 5.56 Å². The Morgan fingerprint density at radius 1 is 1.29 bits per heavy atom. The number of H-pyrrole nitrogens is 2. The van der Waals surface area contributed by atoms with Gasteiger partial charge in [-0.05, 0) is 12.8 Å². The molecule has 3 rings (SSSR count). The Labute approximate surface area is 97.9 Å². The number of fused-ring (bicyclic) bond motifs is 1. The zero-order chi connectivity index (χ0) is 11.7. The average Bonchev–Trinajstić information content (AvgIpc) is 2.79. The summed E-state index contributed by atoms with van der Waals surface area (Å²) in [6.45, 7) is 0. The number of aromatic nitrogens is 4. The molecule has 0 aliphatic heterocycles. The maximum Gasteiger partial charge on any atom is 0.278 e. The third kappa shape index (κ3) is 2.02. The first-order valence-electron chi connectivity index (χ1n) is 6.03. The Bertz CT molecular complexity index is 566. The average molecular weight is 233 g/mol. The van der Waals surface area contributed by atoms with Gasteiger partial charge in [0.2, 0.25) is 5.95 Å². The van der Waals surface area contributed by atoms with Crippen LogP contribution in [-0.2, 0) is 0 Å². The first-order chi connectivity index (χ1) is 8.33. The SMILES string of the molecule is O=c1[nH]c(NC2CCCCC2)nc2nc[nH]c12. The summed E-state index contributed by atoms with van der Waals surface area (Å²) in [5.41, 5.74) is 0.720. The van der Waals surface area contributed by atoms with Crippen LogP contribution in [0.25, 0.3) is 11.2 Å². The summed E-state index contributed by atoms with van der Waals surface area (Å²) in [5.74, 6) is 0.529. The Hall–Kier alpha value is -1.85. The topological polar surface area (TPSA) is 86.5 Å². The van der Waals surface area contributed by atoms with Crippen LogP contribution in [-0.4, -0.2) is 26.0 Å². The third-order valence-electron chi connectivity index (χ3n) is 3.24. The van der Waals surface area contributed by atoms with E-state index in [0.29, 0.717) is 23.2 Å². The second-order valence-electron chi connectivity index (χ2n) is 4.49. The van der Waals surface area contributed by atoms with Gasteiger partial charge in [-0.2, -0.15) is 4.98 Å². The van der Waals surface area contributed by atoms with Crippen LogP contribution in [0.3, 0.4) is 0 Å². The maximum atomic E-state index is 11.7. The molecule has 1 saturated carbocycles. The zero-order valence-corrected chi connectivity index (χ0v) is 9.49. The fourth-order valence-corrected chi connectivity index (χ4v) is 2.35. The molecule has 0 radical (unpaired) electrons. The Morgan fingerprint density at radius 3 is 2.94 bits per heavy atom. The van der Waals surface area contributed by atoms with Crippen LogP contribution in [0.1, 0.15) is 32.1 Å². The van der Waals surface area contributed by atoms with Crippen LogP contribution in [0.2, 0.25) is 0 Å². The quantitative estimate of drug-likeness (QED) is 0.731. The number of nitrogens with zero attached hydrogens (tertiary/aromatic N) is 2. The lowest BCUT2D eigenvalue weighted by Gasteiger charge is -2.22. The van der Waals surface area contributed by atoms with E-state index in [0.717, 1.165) is 12.8 Å². The van der Waals surface area contributed by atoms with Gasteiger partial charge in [-0.25, -0.2) is 4.98 Å². The van der Waals surface area contributed by atoms with Crippen LogP contribution in [0.5, 0.6) is 0 Å². The molecule has 0 amide bonds. The van der Waals surface area contributed by atoms with Gasteiger partial charge in [-0.3, -0.25) is 9.78 Å². The minimum Gasteiger partial charge on any atom is -0.353 e. The van der Waals surface area contributed by atoms with Crippen molar-refractivity contribution in [2.24, 2.45) is 0 Å². The van der Waals surface area contributed by atoms with E-state index >= 15 is 0 Å². The number of hydrogen-bond acceptors (Lipinski definition) is 4. The molecule has 2 heterocycles. The highest BCUT2D eigenvalue weighted by Crippen LogP contribution is 2.20. The molecule has 0 unspecified atom stereocenters. The van der Waals surface area contributed by atoms with Crippen molar-refractivity contribution >= 4 is 17.1 Å². The van der Waals surface area contributed by atoms with Crippen molar-refractivity contribution in [3.05, 3.63) is 16.7 Å². The number of imidazole rings is 1. The van der Waals surface area contributed by atoms with Crippen molar-refractivity contribution in [2.75, 3.05) is 5.32 Å². The largest absolute Gasteiger partial charge is 0.353 e. The molecule has 2 aromatic heterocycles. The van der Waals surface area contributed by atoms with Crippen molar-refractivity contribution < 1.29 is 0 Å². The number of hydrogen-bond donors (Lipinski definition) is 3. The van der Waals surface area contributed by atoms with Gasteiger partial charge in [0.1, 0.15) is 0 Å². The van der Waals surface area contributed by atoms with E-state index < -0.39 is 0 Å². The van der Waals surface area contributed by atoms with Crippen molar-refractivity contribution in [3.8, 4) is 0 Å². The molecule has 17 heavy (non-hydrogen) atoms. The molecule has 0 spiro atoms. The minimum atomic E-state index is -0.175. The normalized spacial score (nSPS) is 17.4. The number of rotatable bonds is 2. The van der Waals surface area contributed by atoms with Gasteiger partial charge in [0.15, 0.2) is 11.2 Å². The summed E-state index contributed by atoms with van der Waals surface area (Å²) in [6.07, 6.45) is 7.56. The lowest BCUT2D eigenvalue weighted by atomic mass is 9.96. The maximum absolute atomic E-state index is 11.7. The highest BCUT2D eigenvalue weighted by molar-refractivity contribution is 5.69. The molecule has 3 N–H and O–H groups in total. The van der Waals surface area contributed by atoms with Gasteiger partial charge in [0, 0.05) is 6.04 Å². The molecule has 0 aromatic carbocycles. The van der Waals surface area contributed by atoms with E-state index in [9.17, 15) is 4.79 Å². The number of aromatic amines is 2. The standard InChI is InChI=1S/C11H15N5O/c17-10-8-9(13-6-12-8)15-11(16-10)14-7-4-2-1-3-5-7/h6-7H,1-5H2,(H3,12,13,14,15,16,17). The summed E-state index contributed by atoms with van der Waals surface area (Å²) in [5, 5.41) is 3.28. The van der Waals surface area contributed by atoms with Crippen LogP contribution in [0.4, 0.5) is 5.95 Å².